The lowest BCUT2D eigenvalue weighted by Crippen LogP contribution is -2.48. The molecule has 0 saturated carbocycles. The molecule has 0 radical (unpaired) electrons. The molecule has 2 heterocycles. The number of rotatable bonds is 5. The summed E-state index contributed by atoms with van der Waals surface area (Å²) in [4.78, 5) is 12.6. The predicted molar refractivity (Wildman–Crippen MR) is 101 cm³/mol. The van der Waals surface area contributed by atoms with Gasteiger partial charge in [-0.15, -0.1) is 0 Å². The van der Waals surface area contributed by atoms with Gasteiger partial charge in [-0.3, -0.25) is 4.79 Å². The van der Waals surface area contributed by atoms with Gasteiger partial charge in [-0.25, -0.2) is 8.42 Å². The number of sulfonamides is 1. The van der Waals surface area contributed by atoms with Gasteiger partial charge >= 0.3 is 0 Å². The molecule has 1 unspecified atom stereocenters. The number of halogens is 2. The molecule has 140 valence electrons. The first kappa shape index (κ1) is 19.4. The van der Waals surface area contributed by atoms with E-state index in [1.807, 2.05) is 0 Å². The predicted octanol–water partition coefficient (Wildman–Crippen LogP) is 3.56. The first-order chi connectivity index (χ1) is 12.4. The Labute approximate surface area is 165 Å². The number of nitrogens with one attached hydrogen (secondary N) is 1. The van der Waals surface area contributed by atoms with Gasteiger partial charge in [0.1, 0.15) is 11.8 Å². The molecule has 6 nitrogen and oxygen atoms in total. The van der Waals surface area contributed by atoms with E-state index in [0.717, 1.165) is 12.8 Å². The van der Waals surface area contributed by atoms with Crippen molar-refractivity contribution in [3.63, 3.8) is 0 Å². The Morgan fingerprint density at radius 1 is 1.19 bits per heavy atom. The normalized spacial score (nSPS) is 18.6. The van der Waals surface area contributed by atoms with Crippen molar-refractivity contribution in [2.24, 2.45) is 0 Å². The Balaban J connectivity index is 2.00. The summed E-state index contributed by atoms with van der Waals surface area (Å²) in [6.07, 6.45) is 2.04. The lowest BCUT2D eigenvalue weighted by Gasteiger charge is -2.28. The van der Waals surface area contributed by atoms with Crippen LogP contribution in [0.15, 0.2) is 50.4 Å². The Morgan fingerprint density at radius 3 is 2.58 bits per heavy atom. The van der Waals surface area contributed by atoms with Crippen LogP contribution in [0.4, 0.5) is 0 Å². The van der Waals surface area contributed by atoms with E-state index in [-0.39, 0.29) is 17.3 Å². The second kappa shape index (κ2) is 8.12. The van der Waals surface area contributed by atoms with Crippen LogP contribution in [-0.4, -0.2) is 31.2 Å². The van der Waals surface area contributed by atoms with Crippen LogP contribution in [0.25, 0.3) is 0 Å². The van der Waals surface area contributed by atoms with Crippen molar-refractivity contribution in [1.29, 1.82) is 0 Å². The molecule has 1 amide bonds. The van der Waals surface area contributed by atoms with E-state index < -0.39 is 16.1 Å². The Bertz CT molecular complexity index is 882. The average Bonchev–Trinajstić information content (AvgIpc) is 2.89. The molecule has 0 spiro atoms. The third kappa shape index (κ3) is 4.31. The van der Waals surface area contributed by atoms with E-state index >= 15 is 0 Å². The van der Waals surface area contributed by atoms with Gasteiger partial charge in [-0.1, -0.05) is 11.6 Å². The van der Waals surface area contributed by atoms with Crippen LogP contribution < -0.4 is 5.32 Å². The summed E-state index contributed by atoms with van der Waals surface area (Å²) in [6, 6.07) is 8.50. The molecular weight excluding hydrogens is 444 g/mol. The monoisotopic (exact) mass is 460 g/mol. The molecule has 0 aliphatic carbocycles. The second-order valence-corrected chi connectivity index (χ2v) is 9.12. The summed E-state index contributed by atoms with van der Waals surface area (Å²) in [5.74, 6) is 0.164. The number of carbonyl (C=O) groups excluding carboxylic acids is 1. The van der Waals surface area contributed by atoms with Gasteiger partial charge < -0.3 is 9.73 Å². The van der Waals surface area contributed by atoms with Gasteiger partial charge in [0.15, 0.2) is 4.67 Å². The summed E-state index contributed by atoms with van der Waals surface area (Å²) >= 11 is 9.09. The van der Waals surface area contributed by atoms with Crippen LogP contribution in [0.5, 0.6) is 0 Å². The van der Waals surface area contributed by atoms with Crippen molar-refractivity contribution in [1.82, 2.24) is 9.62 Å². The average molecular weight is 462 g/mol. The van der Waals surface area contributed by atoms with Gasteiger partial charge in [0.25, 0.3) is 0 Å². The fourth-order valence-electron chi connectivity index (χ4n) is 2.89. The molecular formula is C17H18BrClN2O4S. The van der Waals surface area contributed by atoms with Crippen molar-refractivity contribution in [3.8, 4) is 0 Å². The highest BCUT2D eigenvalue weighted by Gasteiger charge is 2.37. The Morgan fingerprint density at radius 2 is 1.92 bits per heavy atom. The maximum absolute atomic E-state index is 13.3. The SMILES string of the molecule is O=C1NCCCCC1N(Cc1ccc(Br)o1)S(=O)(=O)c1ccc(Cl)cc1. The lowest BCUT2D eigenvalue weighted by molar-refractivity contribution is -0.124. The van der Waals surface area contributed by atoms with E-state index in [2.05, 4.69) is 21.2 Å². The fourth-order valence-corrected chi connectivity index (χ4v) is 4.94. The highest BCUT2D eigenvalue weighted by atomic mass is 79.9. The van der Waals surface area contributed by atoms with E-state index in [9.17, 15) is 13.2 Å². The summed E-state index contributed by atoms with van der Waals surface area (Å²) < 4.78 is 33.7. The number of benzene rings is 1. The van der Waals surface area contributed by atoms with Crippen molar-refractivity contribution in [2.45, 2.75) is 36.7 Å². The fraction of sp³-hybridized carbons (Fsp3) is 0.353. The number of hydrogen-bond donors (Lipinski definition) is 1. The van der Waals surface area contributed by atoms with Gasteiger partial charge in [-0.05, 0) is 71.6 Å². The van der Waals surface area contributed by atoms with Crippen LogP contribution >= 0.6 is 27.5 Å². The molecule has 1 N–H and O–H groups in total. The van der Waals surface area contributed by atoms with Crippen LogP contribution in [-0.2, 0) is 21.4 Å². The van der Waals surface area contributed by atoms with Crippen LogP contribution in [0.2, 0.25) is 5.02 Å². The van der Waals surface area contributed by atoms with E-state index in [0.29, 0.717) is 28.4 Å². The zero-order valence-electron chi connectivity index (χ0n) is 13.8. The Hall–Kier alpha value is -1.35. The van der Waals surface area contributed by atoms with E-state index in [4.69, 9.17) is 16.0 Å². The lowest BCUT2D eigenvalue weighted by atomic mass is 10.1. The maximum Gasteiger partial charge on any atom is 0.244 e. The molecule has 1 atom stereocenters. The van der Waals surface area contributed by atoms with Crippen molar-refractivity contribution in [3.05, 3.63) is 51.9 Å². The van der Waals surface area contributed by atoms with E-state index in [1.54, 1.807) is 12.1 Å². The molecule has 1 aliphatic heterocycles. The minimum absolute atomic E-state index is 0.0331. The molecule has 0 bridgehead atoms. The highest BCUT2D eigenvalue weighted by Crippen LogP contribution is 2.27. The minimum Gasteiger partial charge on any atom is -0.453 e. The zero-order chi connectivity index (χ0) is 18.7. The maximum atomic E-state index is 13.3. The minimum atomic E-state index is -3.92. The molecule has 9 heteroatoms. The van der Waals surface area contributed by atoms with Crippen LogP contribution in [0.3, 0.4) is 0 Å². The highest BCUT2D eigenvalue weighted by molar-refractivity contribution is 9.10. The number of carbonyl (C=O) groups is 1. The number of furan rings is 1. The van der Waals surface area contributed by atoms with Gasteiger partial charge in [-0.2, -0.15) is 4.31 Å². The molecule has 26 heavy (non-hydrogen) atoms. The summed E-state index contributed by atoms with van der Waals surface area (Å²) in [5.41, 5.74) is 0. The summed E-state index contributed by atoms with van der Waals surface area (Å²) in [5, 5.41) is 3.23. The number of hydrogen-bond acceptors (Lipinski definition) is 4. The third-order valence-electron chi connectivity index (χ3n) is 4.21. The number of amides is 1. The van der Waals surface area contributed by atoms with Crippen molar-refractivity contribution in [2.75, 3.05) is 6.54 Å². The third-order valence-corrected chi connectivity index (χ3v) is 6.76. The quantitative estimate of drug-likeness (QED) is 0.738. The zero-order valence-corrected chi connectivity index (χ0v) is 17.0. The molecule has 1 aromatic heterocycles. The van der Waals surface area contributed by atoms with Crippen LogP contribution in [0.1, 0.15) is 25.0 Å². The molecule has 1 fully saturated rings. The van der Waals surface area contributed by atoms with Gasteiger partial charge in [0, 0.05) is 11.6 Å². The Kier molecular flexibility index (Phi) is 6.06. The molecule has 3 rings (SSSR count). The summed E-state index contributed by atoms with van der Waals surface area (Å²) in [6.45, 7) is 0.519. The molecule has 1 aliphatic rings. The topological polar surface area (TPSA) is 79.6 Å². The molecule has 1 aromatic carbocycles. The summed E-state index contributed by atoms with van der Waals surface area (Å²) in [7, 11) is -3.92. The number of nitrogens with zero attached hydrogens (tertiary/aromatic N) is 1. The van der Waals surface area contributed by atoms with Gasteiger partial charge in [0.2, 0.25) is 15.9 Å². The second-order valence-electron chi connectivity index (χ2n) is 6.01. The van der Waals surface area contributed by atoms with Crippen molar-refractivity contribution < 1.29 is 17.6 Å². The van der Waals surface area contributed by atoms with Gasteiger partial charge in [0.05, 0.1) is 11.4 Å². The molecule has 2 aromatic rings. The van der Waals surface area contributed by atoms with E-state index in [1.165, 1.54) is 28.6 Å². The first-order valence-corrected chi connectivity index (χ1v) is 10.8. The smallest absolute Gasteiger partial charge is 0.244 e. The molecule has 1 saturated heterocycles. The van der Waals surface area contributed by atoms with Crippen LogP contribution in [0, 0.1) is 0 Å². The largest absolute Gasteiger partial charge is 0.453 e. The standard InChI is InChI=1S/C17H18BrClN2O4S/c18-16-9-6-13(25-16)11-21(15-3-1-2-10-20-17(15)22)26(23,24)14-7-4-12(19)5-8-14/h4-9,15H,1-3,10-11H2,(H,20,22). The van der Waals surface area contributed by atoms with Crippen molar-refractivity contribution >= 4 is 43.5 Å². The first-order valence-electron chi connectivity index (χ1n) is 8.17.